The minimum atomic E-state index is -0.562. The number of hydrogen-bond donors (Lipinski definition) is 2. The highest BCUT2D eigenvalue weighted by atomic mass is 32.1. The van der Waals surface area contributed by atoms with Gasteiger partial charge in [0.1, 0.15) is 0 Å². The number of nitrogens with zero attached hydrogens (tertiary/aromatic N) is 4. The summed E-state index contributed by atoms with van der Waals surface area (Å²) in [6, 6.07) is 14.9. The highest BCUT2D eigenvalue weighted by Crippen LogP contribution is 2.32. The van der Waals surface area contributed by atoms with Crippen molar-refractivity contribution in [3.05, 3.63) is 117 Å². The minimum absolute atomic E-state index is 0.100. The third-order valence-electron chi connectivity index (χ3n) is 6.90. The number of hydrogen-bond acceptors (Lipinski definition) is 10. The molecule has 14 heteroatoms. The lowest BCUT2D eigenvalue weighted by atomic mass is 10.0. The molecule has 2 aliphatic heterocycles. The lowest BCUT2D eigenvalue weighted by Gasteiger charge is -2.10. The number of carbonyl (C=O) groups excluding carboxylic acids is 6. The topological polar surface area (TPSA) is 159 Å². The average molecular weight is 621 g/mol. The summed E-state index contributed by atoms with van der Waals surface area (Å²) in [6.45, 7) is 0. The van der Waals surface area contributed by atoms with Crippen LogP contribution in [-0.4, -0.2) is 45.4 Å². The van der Waals surface area contributed by atoms with Gasteiger partial charge in [-0.1, -0.05) is 6.07 Å². The van der Waals surface area contributed by atoms with E-state index in [-0.39, 0.29) is 43.6 Å². The maximum atomic E-state index is 13.1. The number of anilines is 4. The van der Waals surface area contributed by atoms with Gasteiger partial charge >= 0.3 is 0 Å². The summed E-state index contributed by atoms with van der Waals surface area (Å²) in [4.78, 5) is 87.5. The predicted molar refractivity (Wildman–Crippen MR) is 162 cm³/mol. The Bertz CT molecular complexity index is 1910. The molecule has 0 atom stereocenters. The standard InChI is InChI=1S/C30H16N6O6S2/c37-23(15-4-6-19-21(12-15)27(41)35(25(19)39)29-31-8-10-43-29)33-17-2-1-3-18(14-17)34-24(38)16-5-7-20-22(13-16)28(42)36(26(20)40)30-32-9-11-44-30/h1-14H,(H,33,37)(H,34,38). The first-order chi connectivity index (χ1) is 21.3. The fourth-order valence-corrected chi connectivity index (χ4v) is 6.12. The fraction of sp³-hybridized carbons (Fsp3) is 0. The van der Waals surface area contributed by atoms with Crippen LogP contribution in [0.4, 0.5) is 21.6 Å². The molecule has 0 bridgehead atoms. The Morgan fingerprint density at radius 2 is 1.00 bits per heavy atom. The third-order valence-corrected chi connectivity index (χ3v) is 8.41. The van der Waals surface area contributed by atoms with Crippen LogP contribution in [0.5, 0.6) is 0 Å². The van der Waals surface area contributed by atoms with Gasteiger partial charge in [0.05, 0.1) is 22.3 Å². The first-order valence-corrected chi connectivity index (χ1v) is 14.6. The summed E-state index contributed by atoms with van der Waals surface area (Å²) in [5.74, 6) is -3.20. The van der Waals surface area contributed by atoms with Crippen LogP contribution in [0, 0.1) is 0 Å². The Morgan fingerprint density at radius 1 is 0.568 bits per heavy atom. The van der Waals surface area contributed by atoms with Crippen LogP contribution in [0.1, 0.15) is 62.1 Å². The quantitative estimate of drug-likeness (QED) is 0.258. The van der Waals surface area contributed by atoms with Gasteiger partial charge in [-0.2, -0.15) is 0 Å². The second-order valence-corrected chi connectivity index (χ2v) is 11.3. The molecule has 0 spiro atoms. The second kappa shape index (κ2) is 10.4. The van der Waals surface area contributed by atoms with Gasteiger partial charge in [-0.15, -0.1) is 22.7 Å². The van der Waals surface area contributed by atoms with Crippen molar-refractivity contribution in [1.29, 1.82) is 0 Å². The van der Waals surface area contributed by atoms with Gasteiger partial charge in [0.25, 0.3) is 35.4 Å². The van der Waals surface area contributed by atoms with E-state index in [4.69, 9.17) is 0 Å². The molecule has 2 N–H and O–H groups in total. The van der Waals surface area contributed by atoms with Crippen LogP contribution < -0.4 is 20.4 Å². The van der Waals surface area contributed by atoms with Crippen LogP contribution in [0.2, 0.25) is 0 Å². The van der Waals surface area contributed by atoms with Crippen LogP contribution in [0.25, 0.3) is 0 Å². The molecule has 2 aromatic heterocycles. The minimum Gasteiger partial charge on any atom is -0.322 e. The van der Waals surface area contributed by atoms with Gasteiger partial charge in [-0.3, -0.25) is 28.8 Å². The summed E-state index contributed by atoms with van der Waals surface area (Å²) in [6.07, 6.45) is 2.98. The van der Waals surface area contributed by atoms with Crippen molar-refractivity contribution in [3.8, 4) is 0 Å². The zero-order chi connectivity index (χ0) is 30.5. The van der Waals surface area contributed by atoms with E-state index in [1.54, 1.807) is 29.0 Å². The summed E-state index contributed by atoms with van der Waals surface area (Å²) in [7, 11) is 0. The molecule has 0 fully saturated rings. The number of fused-ring (bicyclic) bond motifs is 2. The number of thiazole rings is 2. The molecule has 0 saturated carbocycles. The Kier molecular flexibility index (Phi) is 6.41. The number of aromatic nitrogens is 2. The molecule has 0 saturated heterocycles. The van der Waals surface area contributed by atoms with E-state index >= 15 is 0 Å². The van der Waals surface area contributed by atoms with E-state index in [0.717, 1.165) is 32.5 Å². The molecule has 44 heavy (non-hydrogen) atoms. The third kappa shape index (κ3) is 4.45. The molecule has 2 aliphatic rings. The Balaban J connectivity index is 1.05. The van der Waals surface area contributed by atoms with Crippen LogP contribution in [0.15, 0.2) is 83.8 Å². The van der Waals surface area contributed by atoms with Crippen LogP contribution >= 0.6 is 22.7 Å². The van der Waals surface area contributed by atoms with Crippen molar-refractivity contribution in [3.63, 3.8) is 0 Å². The maximum Gasteiger partial charge on any atom is 0.268 e. The number of rotatable bonds is 6. The summed E-state index contributed by atoms with van der Waals surface area (Å²) < 4.78 is 0. The highest BCUT2D eigenvalue weighted by molar-refractivity contribution is 7.14. The zero-order valence-corrected chi connectivity index (χ0v) is 23.8. The van der Waals surface area contributed by atoms with Crippen molar-refractivity contribution in [1.82, 2.24) is 9.97 Å². The molecular weight excluding hydrogens is 605 g/mol. The van der Waals surface area contributed by atoms with Crippen LogP contribution in [0.3, 0.4) is 0 Å². The summed E-state index contributed by atoms with van der Waals surface area (Å²) in [5.41, 5.74) is 1.59. The lowest BCUT2D eigenvalue weighted by Crippen LogP contribution is -2.29. The van der Waals surface area contributed by atoms with Crippen molar-refractivity contribution >= 4 is 79.8 Å². The molecule has 214 valence electrons. The largest absolute Gasteiger partial charge is 0.322 e. The van der Waals surface area contributed by atoms with Gasteiger partial charge in [-0.05, 0) is 54.6 Å². The smallest absolute Gasteiger partial charge is 0.268 e. The van der Waals surface area contributed by atoms with Crippen LogP contribution in [-0.2, 0) is 0 Å². The first kappa shape index (κ1) is 27.0. The maximum absolute atomic E-state index is 13.1. The van der Waals surface area contributed by atoms with Crippen molar-refractivity contribution < 1.29 is 28.8 Å². The number of nitrogens with one attached hydrogen (secondary N) is 2. The monoisotopic (exact) mass is 620 g/mol. The number of carbonyl (C=O) groups is 6. The van der Waals surface area contributed by atoms with Gasteiger partial charge in [0.15, 0.2) is 10.3 Å². The molecular formula is C30H16N6O6S2. The molecule has 4 heterocycles. The van der Waals surface area contributed by atoms with Crippen molar-refractivity contribution in [2.45, 2.75) is 0 Å². The van der Waals surface area contributed by atoms with Gasteiger partial charge in [0.2, 0.25) is 0 Å². The zero-order valence-electron chi connectivity index (χ0n) is 22.1. The number of benzene rings is 3. The van der Waals surface area contributed by atoms with E-state index in [0.29, 0.717) is 11.4 Å². The number of imide groups is 2. The van der Waals surface area contributed by atoms with Crippen molar-refractivity contribution in [2.75, 3.05) is 20.4 Å². The van der Waals surface area contributed by atoms with E-state index < -0.39 is 35.4 Å². The highest BCUT2D eigenvalue weighted by Gasteiger charge is 2.39. The summed E-state index contributed by atoms with van der Waals surface area (Å²) in [5, 5.41) is 9.26. The average Bonchev–Trinajstić information content (AvgIpc) is 3.82. The van der Waals surface area contributed by atoms with E-state index in [2.05, 4.69) is 20.6 Å². The summed E-state index contributed by atoms with van der Waals surface area (Å²) >= 11 is 2.30. The first-order valence-electron chi connectivity index (χ1n) is 12.9. The SMILES string of the molecule is O=C(Nc1cccc(NC(=O)c2ccc3c(c2)C(=O)N(c2nccs2)C3=O)c1)c1ccc2c(c1)C(=O)N(c1nccs1)C2=O. The molecule has 0 aliphatic carbocycles. The second-order valence-electron chi connectivity index (χ2n) is 9.53. The van der Waals surface area contributed by atoms with E-state index in [1.807, 2.05) is 0 Å². The van der Waals surface area contributed by atoms with Gasteiger partial charge in [0, 0.05) is 45.7 Å². The molecule has 12 nitrogen and oxygen atoms in total. The molecule has 7 rings (SSSR count). The lowest BCUT2D eigenvalue weighted by molar-refractivity contribution is 0.0910. The molecule has 6 amide bonds. The van der Waals surface area contributed by atoms with Gasteiger partial charge in [-0.25, -0.2) is 19.8 Å². The molecule has 5 aromatic rings. The van der Waals surface area contributed by atoms with E-state index in [1.165, 1.54) is 54.9 Å². The molecule has 3 aromatic carbocycles. The van der Waals surface area contributed by atoms with E-state index in [9.17, 15) is 28.8 Å². The molecule has 0 radical (unpaired) electrons. The predicted octanol–water partition coefficient (Wildman–Crippen LogP) is 4.71. The number of amides is 6. The van der Waals surface area contributed by atoms with Gasteiger partial charge < -0.3 is 10.6 Å². The Hall–Kier alpha value is -5.86. The normalized spacial score (nSPS) is 13.7. The van der Waals surface area contributed by atoms with Crippen molar-refractivity contribution in [2.24, 2.45) is 0 Å². The Morgan fingerprint density at radius 3 is 1.41 bits per heavy atom. The Labute approximate surface area is 255 Å². The molecule has 0 unspecified atom stereocenters. The fourth-order valence-electron chi connectivity index (χ4n) is 4.85.